The number of hydrogen-bond donors (Lipinski definition) is 1. The van der Waals surface area contributed by atoms with Crippen LogP contribution in [-0.4, -0.2) is 18.5 Å². The van der Waals surface area contributed by atoms with E-state index in [0.29, 0.717) is 12.5 Å². The summed E-state index contributed by atoms with van der Waals surface area (Å²) in [5, 5.41) is 3.02. The van der Waals surface area contributed by atoms with Gasteiger partial charge in [0, 0.05) is 10.9 Å². The van der Waals surface area contributed by atoms with Crippen LogP contribution in [0.25, 0.3) is 0 Å². The number of benzene rings is 1. The fourth-order valence-electron chi connectivity index (χ4n) is 2.59. The van der Waals surface area contributed by atoms with E-state index >= 15 is 0 Å². The predicted molar refractivity (Wildman–Crippen MR) is 74.8 cm³/mol. The van der Waals surface area contributed by atoms with Gasteiger partial charge in [0.15, 0.2) is 0 Å². The molecule has 2 rings (SSSR count). The minimum Gasteiger partial charge on any atom is -0.311 e. The molecule has 19 heavy (non-hydrogen) atoms. The highest BCUT2D eigenvalue weighted by atomic mass is 35.5. The van der Waals surface area contributed by atoms with Crippen LogP contribution in [0.4, 0.5) is 8.78 Å². The SMILES string of the molecule is FC(F)(CNCC1CCCCC1Cl)c1ccccc1. The minimum atomic E-state index is -2.82. The topological polar surface area (TPSA) is 12.0 Å². The molecule has 1 fully saturated rings. The third-order valence-electron chi connectivity index (χ3n) is 3.77. The minimum absolute atomic E-state index is 0.0635. The van der Waals surface area contributed by atoms with Gasteiger partial charge in [-0.15, -0.1) is 11.6 Å². The molecule has 0 spiro atoms. The van der Waals surface area contributed by atoms with Gasteiger partial charge in [-0.1, -0.05) is 43.2 Å². The van der Waals surface area contributed by atoms with Gasteiger partial charge >= 0.3 is 0 Å². The van der Waals surface area contributed by atoms with E-state index in [1.807, 2.05) is 0 Å². The standard InChI is InChI=1S/C15H20ClF2N/c16-14-9-5-4-6-12(14)10-19-11-15(17,18)13-7-2-1-3-8-13/h1-3,7-8,12,14,19H,4-6,9-11H2. The van der Waals surface area contributed by atoms with Crippen LogP contribution in [0.3, 0.4) is 0 Å². The van der Waals surface area contributed by atoms with Crippen LogP contribution in [0.1, 0.15) is 31.2 Å². The van der Waals surface area contributed by atoms with E-state index in [9.17, 15) is 8.78 Å². The van der Waals surface area contributed by atoms with Gasteiger partial charge in [-0.2, -0.15) is 8.78 Å². The van der Waals surface area contributed by atoms with Crippen molar-refractivity contribution in [1.82, 2.24) is 5.32 Å². The van der Waals surface area contributed by atoms with Gasteiger partial charge in [0.05, 0.1) is 6.54 Å². The summed E-state index contributed by atoms with van der Waals surface area (Å²) in [5.41, 5.74) is 0.0635. The molecule has 0 saturated heterocycles. The van der Waals surface area contributed by atoms with E-state index in [1.165, 1.54) is 12.1 Å². The van der Waals surface area contributed by atoms with Crippen molar-refractivity contribution in [2.75, 3.05) is 13.1 Å². The molecule has 1 N–H and O–H groups in total. The molecule has 0 bridgehead atoms. The average molecular weight is 288 g/mol. The Kier molecular flexibility index (Phi) is 5.17. The first-order valence-electron chi connectivity index (χ1n) is 6.88. The summed E-state index contributed by atoms with van der Waals surface area (Å²) in [6, 6.07) is 7.95. The monoisotopic (exact) mass is 287 g/mol. The third kappa shape index (κ3) is 4.15. The van der Waals surface area contributed by atoms with Crippen LogP contribution >= 0.6 is 11.6 Å². The molecule has 2 atom stereocenters. The molecule has 106 valence electrons. The summed E-state index contributed by atoms with van der Waals surface area (Å²) in [6.45, 7) is 0.258. The second-order valence-electron chi connectivity index (χ2n) is 5.26. The summed E-state index contributed by atoms with van der Waals surface area (Å²) in [4.78, 5) is 0. The Balaban J connectivity index is 1.81. The summed E-state index contributed by atoms with van der Waals surface area (Å²) in [6.07, 6.45) is 4.36. The van der Waals surface area contributed by atoms with E-state index in [-0.39, 0.29) is 17.5 Å². The van der Waals surface area contributed by atoms with Crippen molar-refractivity contribution in [2.24, 2.45) is 5.92 Å². The lowest BCUT2D eigenvalue weighted by Crippen LogP contribution is -2.37. The number of halogens is 3. The Morgan fingerprint density at radius 1 is 1.16 bits per heavy atom. The summed E-state index contributed by atoms with van der Waals surface area (Å²) >= 11 is 6.22. The quantitative estimate of drug-likeness (QED) is 0.802. The van der Waals surface area contributed by atoms with Crippen molar-refractivity contribution in [1.29, 1.82) is 0 Å². The largest absolute Gasteiger partial charge is 0.311 e. The molecular weight excluding hydrogens is 268 g/mol. The number of alkyl halides is 3. The predicted octanol–water partition coefficient (Wildman–Crippen LogP) is 4.17. The molecule has 1 nitrogen and oxygen atoms in total. The normalized spacial score (nSPS) is 24.4. The van der Waals surface area contributed by atoms with Crippen LogP contribution in [0, 0.1) is 5.92 Å². The Hall–Kier alpha value is -0.670. The van der Waals surface area contributed by atoms with Crippen molar-refractivity contribution in [3.05, 3.63) is 35.9 Å². The van der Waals surface area contributed by atoms with Crippen molar-refractivity contribution < 1.29 is 8.78 Å². The maximum atomic E-state index is 13.9. The van der Waals surface area contributed by atoms with Gasteiger partial charge < -0.3 is 5.32 Å². The zero-order chi connectivity index (χ0) is 13.7. The summed E-state index contributed by atoms with van der Waals surface area (Å²) < 4.78 is 27.8. The van der Waals surface area contributed by atoms with E-state index in [1.54, 1.807) is 18.2 Å². The van der Waals surface area contributed by atoms with Crippen molar-refractivity contribution in [3.8, 4) is 0 Å². The van der Waals surface area contributed by atoms with Gasteiger partial charge in [0.25, 0.3) is 5.92 Å². The van der Waals surface area contributed by atoms with Gasteiger partial charge in [-0.25, -0.2) is 0 Å². The van der Waals surface area contributed by atoms with E-state index < -0.39 is 5.92 Å². The lowest BCUT2D eigenvalue weighted by Gasteiger charge is -2.28. The van der Waals surface area contributed by atoms with Crippen molar-refractivity contribution >= 4 is 11.6 Å². The molecular formula is C15H20ClF2N. The van der Waals surface area contributed by atoms with Crippen LogP contribution in [0.5, 0.6) is 0 Å². The Morgan fingerprint density at radius 3 is 2.53 bits per heavy atom. The molecule has 4 heteroatoms. The molecule has 2 unspecified atom stereocenters. The van der Waals surface area contributed by atoms with E-state index in [2.05, 4.69) is 5.32 Å². The highest BCUT2D eigenvalue weighted by Gasteiger charge is 2.31. The van der Waals surface area contributed by atoms with Crippen LogP contribution in [0.2, 0.25) is 0 Å². The Morgan fingerprint density at radius 2 is 1.84 bits per heavy atom. The number of hydrogen-bond acceptors (Lipinski definition) is 1. The highest BCUT2D eigenvalue weighted by Crippen LogP contribution is 2.29. The molecule has 1 aromatic carbocycles. The fraction of sp³-hybridized carbons (Fsp3) is 0.600. The molecule has 0 aliphatic heterocycles. The van der Waals surface area contributed by atoms with Gasteiger partial charge in [-0.05, 0) is 25.3 Å². The fourth-order valence-corrected chi connectivity index (χ4v) is 2.96. The maximum absolute atomic E-state index is 13.9. The molecule has 0 radical (unpaired) electrons. The van der Waals surface area contributed by atoms with Gasteiger partial charge in [0.2, 0.25) is 0 Å². The van der Waals surface area contributed by atoms with Crippen molar-refractivity contribution in [2.45, 2.75) is 37.0 Å². The highest BCUT2D eigenvalue weighted by molar-refractivity contribution is 6.20. The zero-order valence-electron chi connectivity index (χ0n) is 10.9. The van der Waals surface area contributed by atoms with Gasteiger partial charge in [-0.3, -0.25) is 0 Å². The summed E-state index contributed by atoms with van der Waals surface area (Å²) in [7, 11) is 0. The molecule has 0 amide bonds. The lowest BCUT2D eigenvalue weighted by atomic mass is 9.88. The number of rotatable bonds is 5. The second kappa shape index (κ2) is 6.67. The first kappa shape index (κ1) is 14.7. The van der Waals surface area contributed by atoms with E-state index in [4.69, 9.17) is 11.6 Å². The third-order valence-corrected chi connectivity index (χ3v) is 4.34. The van der Waals surface area contributed by atoms with Crippen LogP contribution < -0.4 is 5.32 Å². The Labute approximate surface area is 118 Å². The average Bonchev–Trinajstić information content (AvgIpc) is 2.42. The molecule has 1 aliphatic carbocycles. The zero-order valence-corrected chi connectivity index (χ0v) is 11.7. The molecule has 1 aliphatic rings. The van der Waals surface area contributed by atoms with E-state index in [0.717, 1.165) is 25.7 Å². The number of nitrogens with one attached hydrogen (secondary N) is 1. The lowest BCUT2D eigenvalue weighted by molar-refractivity contribution is -0.00408. The molecule has 1 aromatic rings. The smallest absolute Gasteiger partial charge is 0.285 e. The second-order valence-corrected chi connectivity index (χ2v) is 5.82. The van der Waals surface area contributed by atoms with Crippen LogP contribution in [0.15, 0.2) is 30.3 Å². The Bertz CT molecular complexity index is 383. The van der Waals surface area contributed by atoms with Crippen LogP contribution in [-0.2, 0) is 5.92 Å². The van der Waals surface area contributed by atoms with Gasteiger partial charge in [0.1, 0.15) is 0 Å². The molecule has 0 heterocycles. The maximum Gasteiger partial charge on any atom is 0.285 e. The molecule has 0 aromatic heterocycles. The first-order valence-corrected chi connectivity index (χ1v) is 7.31. The molecule has 1 saturated carbocycles. The van der Waals surface area contributed by atoms with Crippen molar-refractivity contribution in [3.63, 3.8) is 0 Å². The summed E-state index contributed by atoms with van der Waals surface area (Å²) in [5.74, 6) is -2.50. The first-order chi connectivity index (χ1) is 9.09.